The Hall–Kier alpha value is -4.33. The zero-order valence-corrected chi connectivity index (χ0v) is 20.7. The van der Waals surface area contributed by atoms with Crippen molar-refractivity contribution in [3.63, 3.8) is 0 Å². The molecule has 0 saturated heterocycles. The first-order valence-corrected chi connectivity index (χ1v) is 11.6. The molecule has 1 aliphatic rings. The number of fused-ring (bicyclic) bond motifs is 1. The van der Waals surface area contributed by atoms with Gasteiger partial charge in [-0.2, -0.15) is 0 Å². The summed E-state index contributed by atoms with van der Waals surface area (Å²) in [6, 6.07) is 19.2. The maximum absolute atomic E-state index is 13.2. The quantitative estimate of drug-likeness (QED) is 0.449. The van der Waals surface area contributed by atoms with Crippen molar-refractivity contribution in [1.29, 1.82) is 0 Å². The first-order chi connectivity index (χ1) is 17.3. The fourth-order valence-corrected chi connectivity index (χ4v) is 4.35. The van der Waals surface area contributed by atoms with Gasteiger partial charge in [0.15, 0.2) is 0 Å². The summed E-state index contributed by atoms with van der Waals surface area (Å²) in [5, 5.41) is 5.58. The number of urea groups is 1. The number of hydrogen-bond donors (Lipinski definition) is 2. The molecule has 0 aromatic heterocycles. The summed E-state index contributed by atoms with van der Waals surface area (Å²) in [4.78, 5) is 39.4. The average Bonchev–Trinajstić information content (AvgIpc) is 3.19. The molecule has 3 aromatic carbocycles. The minimum atomic E-state index is -0.633. The van der Waals surface area contributed by atoms with E-state index in [-0.39, 0.29) is 17.9 Å². The van der Waals surface area contributed by atoms with E-state index in [4.69, 9.17) is 9.47 Å². The van der Waals surface area contributed by atoms with E-state index in [0.717, 1.165) is 16.7 Å². The van der Waals surface area contributed by atoms with Gasteiger partial charge in [0.1, 0.15) is 11.8 Å². The number of hydrogen-bond acceptors (Lipinski definition) is 5. The summed E-state index contributed by atoms with van der Waals surface area (Å²) in [6.45, 7) is 4.17. The molecule has 0 unspecified atom stereocenters. The molecule has 0 saturated carbocycles. The van der Waals surface area contributed by atoms with Crippen LogP contribution in [-0.4, -0.2) is 43.1 Å². The second-order valence-electron chi connectivity index (χ2n) is 8.91. The fourth-order valence-electron chi connectivity index (χ4n) is 4.35. The van der Waals surface area contributed by atoms with Crippen molar-refractivity contribution >= 4 is 29.3 Å². The van der Waals surface area contributed by atoms with Gasteiger partial charge in [-0.1, -0.05) is 44.2 Å². The monoisotopic (exact) mass is 487 g/mol. The number of nitrogens with zero attached hydrogens (tertiary/aromatic N) is 1. The molecule has 0 radical (unpaired) electrons. The average molecular weight is 488 g/mol. The Balaban J connectivity index is 1.46. The summed E-state index contributed by atoms with van der Waals surface area (Å²) < 4.78 is 10.1. The van der Waals surface area contributed by atoms with Crippen LogP contribution in [0.25, 0.3) is 11.1 Å². The van der Waals surface area contributed by atoms with Gasteiger partial charge < -0.3 is 25.0 Å². The van der Waals surface area contributed by atoms with Crippen molar-refractivity contribution < 1.29 is 23.9 Å². The standard InChI is InChI=1S/C28H29N3O5/c1-17(2)25(27(33)36-4)31-16-20-9-8-19(14-24(20)26(31)32)18-10-12-21(13-11-18)29-28(34)30-22-6-5-7-23(15-22)35-3/h5-15,17,25H,16H2,1-4H3,(H2,29,30,34)/t25-/m0/s1. The van der Waals surface area contributed by atoms with E-state index in [2.05, 4.69) is 10.6 Å². The van der Waals surface area contributed by atoms with Crippen molar-refractivity contribution in [1.82, 2.24) is 4.90 Å². The molecule has 2 N–H and O–H groups in total. The largest absolute Gasteiger partial charge is 0.497 e. The van der Waals surface area contributed by atoms with Gasteiger partial charge in [0.25, 0.3) is 5.91 Å². The Morgan fingerprint density at radius 3 is 2.25 bits per heavy atom. The van der Waals surface area contributed by atoms with Crippen molar-refractivity contribution in [3.8, 4) is 16.9 Å². The number of rotatable bonds is 7. The lowest BCUT2D eigenvalue weighted by atomic mass is 10.00. The summed E-state index contributed by atoms with van der Waals surface area (Å²) >= 11 is 0. The Kier molecular flexibility index (Phi) is 7.24. The van der Waals surface area contributed by atoms with Crippen LogP contribution in [0.3, 0.4) is 0 Å². The van der Waals surface area contributed by atoms with Crippen molar-refractivity contribution in [2.45, 2.75) is 26.4 Å². The highest BCUT2D eigenvalue weighted by Crippen LogP contribution is 2.32. The molecule has 0 spiro atoms. The Labute approximate surface area is 210 Å². The van der Waals surface area contributed by atoms with E-state index < -0.39 is 12.0 Å². The number of carbonyl (C=O) groups is 3. The number of esters is 1. The molecular formula is C28H29N3O5. The maximum atomic E-state index is 13.2. The van der Waals surface area contributed by atoms with Crippen LogP contribution in [0, 0.1) is 5.92 Å². The van der Waals surface area contributed by atoms with Gasteiger partial charge in [-0.15, -0.1) is 0 Å². The van der Waals surface area contributed by atoms with E-state index in [0.29, 0.717) is 29.2 Å². The molecule has 3 amide bonds. The third-order valence-electron chi connectivity index (χ3n) is 6.16. The molecule has 1 atom stereocenters. The molecule has 1 heterocycles. The molecule has 3 aromatic rings. The zero-order valence-electron chi connectivity index (χ0n) is 20.7. The summed E-state index contributed by atoms with van der Waals surface area (Å²) in [7, 11) is 2.91. The van der Waals surface area contributed by atoms with Crippen LogP contribution in [0.4, 0.5) is 16.2 Å². The van der Waals surface area contributed by atoms with Crippen molar-refractivity contribution in [2.75, 3.05) is 24.9 Å². The van der Waals surface area contributed by atoms with Crippen molar-refractivity contribution in [2.24, 2.45) is 5.92 Å². The number of anilines is 2. The van der Waals surface area contributed by atoms with Crippen LogP contribution in [0.2, 0.25) is 0 Å². The molecule has 0 fully saturated rings. The lowest BCUT2D eigenvalue weighted by Gasteiger charge is -2.28. The number of carbonyl (C=O) groups excluding carboxylic acids is 3. The number of nitrogens with one attached hydrogen (secondary N) is 2. The van der Waals surface area contributed by atoms with Gasteiger partial charge in [0.05, 0.1) is 14.2 Å². The first-order valence-electron chi connectivity index (χ1n) is 11.6. The van der Waals surface area contributed by atoms with Gasteiger partial charge in [-0.3, -0.25) is 4.79 Å². The SMILES string of the molecule is COC(=O)[C@H](C(C)C)N1Cc2ccc(-c3ccc(NC(=O)Nc4cccc(OC)c4)cc3)cc2C1=O. The Morgan fingerprint density at radius 2 is 1.58 bits per heavy atom. The number of benzene rings is 3. The Bertz CT molecular complexity index is 1290. The Morgan fingerprint density at radius 1 is 0.889 bits per heavy atom. The maximum Gasteiger partial charge on any atom is 0.328 e. The first kappa shape index (κ1) is 24.8. The minimum Gasteiger partial charge on any atom is -0.497 e. The van der Waals surface area contributed by atoms with Crippen LogP contribution in [0.15, 0.2) is 66.7 Å². The van der Waals surface area contributed by atoms with Gasteiger partial charge >= 0.3 is 12.0 Å². The smallest absolute Gasteiger partial charge is 0.328 e. The number of amides is 3. The summed E-state index contributed by atoms with van der Waals surface area (Å²) in [6.07, 6.45) is 0. The molecule has 0 aliphatic carbocycles. The van der Waals surface area contributed by atoms with Crippen LogP contribution in [0.1, 0.15) is 29.8 Å². The zero-order chi connectivity index (χ0) is 25.8. The second kappa shape index (κ2) is 10.5. The molecular weight excluding hydrogens is 458 g/mol. The predicted molar refractivity (Wildman–Crippen MR) is 138 cm³/mol. The molecule has 4 rings (SSSR count). The lowest BCUT2D eigenvalue weighted by Crippen LogP contribution is -2.45. The van der Waals surface area contributed by atoms with E-state index in [9.17, 15) is 14.4 Å². The number of methoxy groups -OCH3 is 2. The summed E-state index contributed by atoms with van der Waals surface area (Å²) in [5.74, 6) is -0.0113. The highest BCUT2D eigenvalue weighted by Gasteiger charge is 2.38. The van der Waals surface area contributed by atoms with E-state index >= 15 is 0 Å². The van der Waals surface area contributed by atoms with Crippen LogP contribution in [-0.2, 0) is 16.1 Å². The van der Waals surface area contributed by atoms with Gasteiger partial charge in [-0.05, 0) is 52.9 Å². The van der Waals surface area contributed by atoms with Gasteiger partial charge in [0, 0.05) is 29.5 Å². The van der Waals surface area contributed by atoms with Gasteiger partial charge in [-0.25, -0.2) is 9.59 Å². The highest BCUT2D eigenvalue weighted by molar-refractivity contribution is 6.02. The van der Waals surface area contributed by atoms with Crippen LogP contribution >= 0.6 is 0 Å². The minimum absolute atomic E-state index is 0.0728. The predicted octanol–water partition coefficient (Wildman–Crippen LogP) is 5.16. The fraction of sp³-hybridized carbons (Fsp3) is 0.250. The third kappa shape index (κ3) is 5.17. The van der Waals surface area contributed by atoms with Crippen LogP contribution in [0.5, 0.6) is 5.75 Å². The molecule has 8 nitrogen and oxygen atoms in total. The molecule has 1 aliphatic heterocycles. The summed E-state index contributed by atoms with van der Waals surface area (Å²) in [5.41, 5.74) is 4.48. The van der Waals surface area contributed by atoms with Gasteiger partial charge in [0.2, 0.25) is 0 Å². The normalized spacial score (nSPS) is 13.2. The number of ether oxygens (including phenoxy) is 2. The molecule has 8 heteroatoms. The third-order valence-corrected chi connectivity index (χ3v) is 6.16. The van der Waals surface area contributed by atoms with E-state index in [1.807, 2.05) is 44.2 Å². The molecule has 36 heavy (non-hydrogen) atoms. The van der Waals surface area contributed by atoms with Crippen LogP contribution < -0.4 is 15.4 Å². The highest BCUT2D eigenvalue weighted by atomic mass is 16.5. The second-order valence-corrected chi connectivity index (χ2v) is 8.91. The molecule has 186 valence electrons. The lowest BCUT2D eigenvalue weighted by molar-refractivity contribution is -0.147. The topological polar surface area (TPSA) is 97.0 Å². The van der Waals surface area contributed by atoms with E-state index in [1.54, 1.807) is 48.4 Å². The van der Waals surface area contributed by atoms with Crippen molar-refractivity contribution in [3.05, 3.63) is 77.9 Å². The van der Waals surface area contributed by atoms with E-state index in [1.165, 1.54) is 7.11 Å². The molecule has 0 bridgehead atoms.